The third-order valence-electron chi connectivity index (χ3n) is 5.89. The largest absolute Gasteiger partial charge is 0.481 e. The molecule has 3 rings (SSSR count). The van der Waals surface area contributed by atoms with Gasteiger partial charge in [0, 0.05) is 29.3 Å². The van der Waals surface area contributed by atoms with Gasteiger partial charge in [0.05, 0.1) is 7.11 Å². The van der Waals surface area contributed by atoms with Crippen LogP contribution in [0, 0.1) is 5.92 Å². The molecule has 0 aliphatic carbocycles. The van der Waals surface area contributed by atoms with Crippen molar-refractivity contribution < 1.29 is 41.0 Å². The van der Waals surface area contributed by atoms with Crippen LogP contribution in [0.5, 0.6) is 5.88 Å². The van der Waals surface area contributed by atoms with E-state index in [1.54, 1.807) is 0 Å². The number of alkyl halides is 5. The number of nitrogens with zero attached hydrogens (tertiary/aromatic N) is 2. The van der Waals surface area contributed by atoms with Crippen LogP contribution in [0.3, 0.4) is 0 Å². The number of hydrogen-bond acceptors (Lipinski definition) is 6. The number of nitrogens with two attached hydrogens (primary N) is 1. The van der Waals surface area contributed by atoms with E-state index in [0.29, 0.717) is 0 Å². The number of primary amides is 1. The van der Waals surface area contributed by atoms with E-state index >= 15 is 0 Å². The first kappa shape index (κ1) is 25.3. The van der Waals surface area contributed by atoms with Crippen molar-refractivity contribution in [2.45, 2.75) is 44.1 Å². The summed E-state index contributed by atoms with van der Waals surface area (Å²) in [4.78, 5) is 31.8. The second-order valence-electron chi connectivity index (χ2n) is 7.88. The Morgan fingerprint density at radius 2 is 1.94 bits per heavy atom. The fourth-order valence-electron chi connectivity index (χ4n) is 3.88. The molecule has 184 valence electrons. The molecule has 0 aromatic carbocycles. The Labute approximate surface area is 190 Å². The second kappa shape index (κ2) is 9.12. The van der Waals surface area contributed by atoms with E-state index in [9.17, 15) is 31.5 Å². The van der Waals surface area contributed by atoms with Gasteiger partial charge in [0.25, 0.3) is 18.2 Å². The lowest BCUT2D eigenvalue weighted by atomic mass is 9.77. The molecular formula is C21H21F5N4O4. The van der Waals surface area contributed by atoms with E-state index in [-0.39, 0.29) is 22.8 Å². The average Bonchev–Trinajstić information content (AvgIpc) is 3.05. The summed E-state index contributed by atoms with van der Waals surface area (Å²) < 4.78 is 78.5. The molecule has 34 heavy (non-hydrogen) atoms. The number of pyridine rings is 2. The van der Waals surface area contributed by atoms with Crippen molar-refractivity contribution in [1.29, 1.82) is 0 Å². The molecule has 0 radical (unpaired) electrons. The van der Waals surface area contributed by atoms with Gasteiger partial charge in [-0.05, 0) is 25.1 Å². The van der Waals surface area contributed by atoms with E-state index in [1.165, 1.54) is 19.2 Å². The van der Waals surface area contributed by atoms with Crippen molar-refractivity contribution >= 4 is 17.5 Å². The number of carbonyl (C=O) groups is 2. The molecule has 8 nitrogen and oxygen atoms in total. The van der Waals surface area contributed by atoms with Crippen LogP contribution in [-0.4, -0.2) is 46.8 Å². The Balaban J connectivity index is 2.05. The molecule has 0 spiro atoms. The maximum absolute atomic E-state index is 14.0. The van der Waals surface area contributed by atoms with Gasteiger partial charge in [0.2, 0.25) is 5.88 Å². The molecule has 1 saturated heterocycles. The number of rotatable bonds is 6. The van der Waals surface area contributed by atoms with Gasteiger partial charge in [-0.15, -0.1) is 0 Å². The fraction of sp³-hybridized carbons (Fsp3) is 0.429. The monoisotopic (exact) mass is 488 g/mol. The predicted octanol–water partition coefficient (Wildman–Crippen LogP) is 3.60. The summed E-state index contributed by atoms with van der Waals surface area (Å²) in [6.45, 7) is 2.05. The Kier molecular flexibility index (Phi) is 6.78. The van der Waals surface area contributed by atoms with Crippen LogP contribution in [0.1, 0.15) is 47.9 Å². The first-order chi connectivity index (χ1) is 15.8. The van der Waals surface area contributed by atoms with Crippen LogP contribution in [0.15, 0.2) is 30.5 Å². The van der Waals surface area contributed by atoms with Gasteiger partial charge in [0.15, 0.2) is 5.60 Å². The highest BCUT2D eigenvalue weighted by Gasteiger charge is 2.65. The quantitative estimate of drug-likeness (QED) is 0.601. The average molecular weight is 488 g/mol. The molecule has 0 bridgehead atoms. The Morgan fingerprint density at radius 1 is 1.26 bits per heavy atom. The zero-order valence-corrected chi connectivity index (χ0v) is 18.2. The first-order valence-electron chi connectivity index (χ1n) is 9.94. The van der Waals surface area contributed by atoms with Crippen LogP contribution < -0.4 is 15.8 Å². The second-order valence-corrected chi connectivity index (χ2v) is 7.88. The number of methoxy groups -OCH3 is 1. The van der Waals surface area contributed by atoms with Crippen LogP contribution in [0.2, 0.25) is 0 Å². The molecule has 1 fully saturated rings. The first-order valence-corrected chi connectivity index (χ1v) is 9.94. The van der Waals surface area contributed by atoms with Gasteiger partial charge in [-0.1, -0.05) is 13.0 Å². The minimum atomic E-state index is -4.86. The van der Waals surface area contributed by atoms with Crippen molar-refractivity contribution in [3.63, 3.8) is 0 Å². The number of halogens is 5. The molecule has 2 amide bonds. The van der Waals surface area contributed by atoms with Crippen molar-refractivity contribution in [2.24, 2.45) is 11.7 Å². The molecule has 2 aromatic heterocycles. The smallest absolute Gasteiger partial charge is 0.417 e. The van der Waals surface area contributed by atoms with Gasteiger partial charge in [-0.2, -0.15) is 13.2 Å². The molecule has 2 aromatic rings. The molecule has 13 heteroatoms. The van der Waals surface area contributed by atoms with Crippen molar-refractivity contribution in [2.75, 3.05) is 12.4 Å². The van der Waals surface area contributed by atoms with Crippen molar-refractivity contribution in [1.82, 2.24) is 9.97 Å². The number of anilines is 1. The molecule has 3 N–H and O–H groups in total. The predicted molar refractivity (Wildman–Crippen MR) is 108 cm³/mol. The van der Waals surface area contributed by atoms with Crippen LogP contribution in [0.4, 0.5) is 27.6 Å². The number of aromatic nitrogens is 2. The highest BCUT2D eigenvalue weighted by atomic mass is 19.4. The van der Waals surface area contributed by atoms with E-state index in [1.807, 2.05) is 0 Å². The molecule has 4 atom stereocenters. The normalized spacial score (nSPS) is 24.8. The zero-order valence-electron chi connectivity index (χ0n) is 18.2. The van der Waals surface area contributed by atoms with Crippen LogP contribution in [-0.2, 0) is 9.53 Å². The maximum Gasteiger partial charge on any atom is 0.417 e. The zero-order chi connectivity index (χ0) is 25.4. The topological polar surface area (TPSA) is 116 Å². The lowest BCUT2D eigenvalue weighted by Crippen LogP contribution is -2.47. The summed E-state index contributed by atoms with van der Waals surface area (Å²) in [5.41, 5.74) is 1.65. The third kappa shape index (κ3) is 4.52. The van der Waals surface area contributed by atoms with Crippen molar-refractivity contribution in [3.05, 3.63) is 47.4 Å². The van der Waals surface area contributed by atoms with Crippen LogP contribution >= 0.6 is 0 Å². The van der Waals surface area contributed by atoms with Crippen molar-refractivity contribution in [3.8, 4) is 5.88 Å². The number of carbonyl (C=O) groups excluding carboxylic acids is 2. The van der Waals surface area contributed by atoms with Crippen LogP contribution in [0.25, 0.3) is 0 Å². The summed E-state index contributed by atoms with van der Waals surface area (Å²) in [5.74, 6) is -4.79. The Morgan fingerprint density at radius 3 is 2.50 bits per heavy atom. The van der Waals surface area contributed by atoms with E-state index in [4.69, 9.17) is 15.2 Å². The number of ether oxygens (including phenoxy) is 2. The minimum Gasteiger partial charge on any atom is -0.481 e. The lowest BCUT2D eigenvalue weighted by Gasteiger charge is -2.31. The van der Waals surface area contributed by atoms with E-state index in [0.717, 1.165) is 32.2 Å². The summed E-state index contributed by atoms with van der Waals surface area (Å²) in [7, 11) is 1.13. The van der Waals surface area contributed by atoms with Gasteiger partial charge in [0.1, 0.15) is 17.5 Å². The highest BCUT2D eigenvalue weighted by Crippen LogP contribution is 2.54. The summed E-state index contributed by atoms with van der Waals surface area (Å²) in [6, 6.07) is 4.56. The summed E-state index contributed by atoms with van der Waals surface area (Å²) in [6.07, 6.45) is -8.33. The number of hydrogen-bond donors (Lipinski definition) is 2. The third-order valence-corrected chi connectivity index (χ3v) is 5.89. The maximum atomic E-state index is 14.0. The molecule has 3 heterocycles. The molecule has 0 saturated carbocycles. The summed E-state index contributed by atoms with van der Waals surface area (Å²) >= 11 is 0. The van der Waals surface area contributed by atoms with E-state index in [2.05, 4.69) is 15.3 Å². The molecule has 1 aliphatic heterocycles. The summed E-state index contributed by atoms with van der Waals surface area (Å²) in [5, 5.41) is 2.40. The van der Waals surface area contributed by atoms with Gasteiger partial charge in [-0.3, -0.25) is 14.6 Å². The van der Waals surface area contributed by atoms with Gasteiger partial charge >= 0.3 is 6.18 Å². The van der Waals surface area contributed by atoms with Gasteiger partial charge in [-0.25, -0.2) is 13.8 Å². The minimum absolute atomic E-state index is 0.0000725. The number of amides is 2. The van der Waals surface area contributed by atoms with Gasteiger partial charge < -0.3 is 20.5 Å². The van der Waals surface area contributed by atoms with E-state index < -0.39 is 53.7 Å². The number of nitrogens with one attached hydrogen (secondary N) is 1. The Hall–Kier alpha value is -3.35. The fourth-order valence-corrected chi connectivity index (χ4v) is 3.88. The SMILES string of the molecule is COc1nc(C(F)F)ccc1[C@H]1[C@@H](C(=O)Nc2ccnc(C(N)=O)c2)O[C@](C)(C(F)(F)F)[C@H]1C. The lowest BCUT2D eigenvalue weighted by molar-refractivity contribution is -0.272. The standard InChI is InChI=1S/C21H21F5N4O4/c1-9-14(11-4-5-12(16(22)23)30-19(11)33-3)15(34-20(9,2)21(24,25)26)18(32)29-10-6-7-28-13(8-10)17(27)31/h4-9,14-16H,1-3H3,(H2,27,31)(H,28,29,32)/t9-,14-,15-,20-/m0/s1. The molecule has 0 unspecified atom stereocenters. The highest BCUT2D eigenvalue weighted by molar-refractivity contribution is 5.97. The molecule has 1 aliphatic rings. The molecular weight excluding hydrogens is 467 g/mol. The Bertz CT molecular complexity index is 1100.